The van der Waals surface area contributed by atoms with Crippen molar-refractivity contribution in [3.8, 4) is 0 Å². The molecule has 12 heteroatoms. The van der Waals surface area contributed by atoms with Crippen molar-refractivity contribution in [2.45, 2.75) is 92.2 Å². The number of carbonyl (C=O) groups excluding carboxylic acids is 1. The fourth-order valence-electron chi connectivity index (χ4n) is 1.73. The van der Waals surface area contributed by atoms with Crippen LogP contribution in [0.25, 0.3) is 0 Å². The summed E-state index contributed by atoms with van der Waals surface area (Å²) in [5.41, 5.74) is -1.40. The van der Waals surface area contributed by atoms with E-state index in [1.54, 1.807) is 62.3 Å². The summed E-state index contributed by atoms with van der Waals surface area (Å²) in [5.74, 6) is -0.763. The Morgan fingerprint density at radius 1 is 0.821 bits per heavy atom. The van der Waals surface area contributed by atoms with Crippen LogP contribution in [0.5, 0.6) is 0 Å². The molecular weight excluding hydrogens is 446 g/mol. The van der Waals surface area contributed by atoms with Crippen molar-refractivity contribution in [2.75, 3.05) is 6.61 Å². The third kappa shape index (κ3) is 12.3. The Balaban J connectivity index is 5.79. The summed E-state index contributed by atoms with van der Waals surface area (Å²) >= 11 is 6.04. The van der Waals surface area contributed by atoms with Gasteiger partial charge in [0, 0.05) is 11.4 Å². The smallest absolute Gasteiger partial charge is 0.392 e. The topological polar surface area (TPSA) is 89.5 Å². The predicted molar refractivity (Wildman–Crippen MR) is 116 cm³/mol. The fourth-order valence-corrected chi connectivity index (χ4v) is 9.39. The number of ether oxygens (including phenoxy) is 1. The van der Waals surface area contributed by atoms with E-state index >= 15 is 0 Å². The summed E-state index contributed by atoms with van der Waals surface area (Å²) in [5, 5.41) is 0. The standard InChI is InChI=1S/C16H34O8P2S2/c1-10-19-15(17)16(24-26(27,22-13(6)7)23-14(8)9)28-25(18,20-11(2)3)21-12(4)5/h11-14,16H,10H2,1-9H3. The van der Waals surface area contributed by atoms with Crippen LogP contribution in [0.3, 0.4) is 0 Å². The second kappa shape index (κ2) is 13.0. The Hall–Kier alpha value is 0.500. The molecule has 168 valence electrons. The molecule has 0 aromatic carbocycles. The van der Waals surface area contributed by atoms with Gasteiger partial charge in [-0.05, 0) is 74.1 Å². The highest BCUT2D eigenvalue weighted by atomic mass is 32.7. The maximum atomic E-state index is 13.2. The molecule has 0 N–H and O–H groups in total. The maximum Gasteiger partial charge on any atom is 0.392 e. The largest absolute Gasteiger partial charge is 0.463 e. The van der Waals surface area contributed by atoms with Gasteiger partial charge in [0.25, 0.3) is 0 Å². The van der Waals surface area contributed by atoms with Gasteiger partial charge in [0.05, 0.1) is 31.0 Å². The normalized spacial score (nSPS) is 14.3. The van der Waals surface area contributed by atoms with Crippen molar-refractivity contribution in [3.05, 3.63) is 0 Å². The summed E-state index contributed by atoms with van der Waals surface area (Å²) in [6.45, 7) is 8.60. The van der Waals surface area contributed by atoms with Crippen molar-refractivity contribution >= 4 is 42.7 Å². The zero-order chi connectivity index (χ0) is 22.1. The third-order valence-electron chi connectivity index (χ3n) is 2.29. The molecule has 0 aliphatic carbocycles. The number of esters is 1. The van der Waals surface area contributed by atoms with Gasteiger partial charge in [-0.3, -0.25) is 13.6 Å². The minimum absolute atomic E-state index is 0.110. The van der Waals surface area contributed by atoms with Gasteiger partial charge >= 0.3 is 19.5 Å². The Morgan fingerprint density at radius 3 is 1.54 bits per heavy atom. The number of rotatable bonds is 14. The van der Waals surface area contributed by atoms with Gasteiger partial charge in [-0.25, -0.2) is 9.36 Å². The van der Waals surface area contributed by atoms with Crippen molar-refractivity contribution in [1.82, 2.24) is 0 Å². The van der Waals surface area contributed by atoms with Crippen LogP contribution in [0.15, 0.2) is 0 Å². The molecular formula is C16H34O8P2S2. The molecule has 0 aliphatic rings. The Labute approximate surface area is 178 Å². The second-order valence-electron chi connectivity index (χ2n) is 6.81. The SMILES string of the molecule is CCOC(=O)C(OP(=S)(OC(C)C)OC(C)C)SP(=O)(OC(C)C)OC(C)C. The fraction of sp³-hybridized carbons (Fsp3) is 0.938. The van der Waals surface area contributed by atoms with Crippen molar-refractivity contribution in [2.24, 2.45) is 0 Å². The molecule has 0 fully saturated rings. The number of carbonyl (C=O) groups is 1. The van der Waals surface area contributed by atoms with Gasteiger partial charge in [-0.15, -0.1) is 0 Å². The van der Waals surface area contributed by atoms with E-state index in [-0.39, 0.29) is 18.8 Å². The lowest BCUT2D eigenvalue weighted by atomic mass is 10.5. The number of hydrogen-bond acceptors (Lipinski definition) is 10. The van der Waals surface area contributed by atoms with Crippen LogP contribution < -0.4 is 0 Å². The van der Waals surface area contributed by atoms with Gasteiger partial charge in [0.1, 0.15) is 0 Å². The monoisotopic (exact) mass is 480 g/mol. The van der Waals surface area contributed by atoms with Crippen LogP contribution in [-0.4, -0.2) is 42.4 Å². The molecule has 0 aliphatic heterocycles. The lowest BCUT2D eigenvalue weighted by molar-refractivity contribution is -0.147. The highest BCUT2D eigenvalue weighted by Gasteiger charge is 2.41. The quantitative estimate of drug-likeness (QED) is 0.176. The van der Waals surface area contributed by atoms with E-state index in [2.05, 4.69) is 0 Å². The average molecular weight is 481 g/mol. The van der Waals surface area contributed by atoms with Crippen LogP contribution in [0.2, 0.25) is 0 Å². The van der Waals surface area contributed by atoms with Crippen LogP contribution in [0.1, 0.15) is 62.3 Å². The zero-order valence-corrected chi connectivity index (χ0v) is 21.5. The molecule has 0 spiro atoms. The molecule has 0 saturated heterocycles. The molecule has 1 atom stereocenters. The van der Waals surface area contributed by atoms with Gasteiger partial charge in [0.15, 0.2) is 0 Å². The first kappa shape index (κ1) is 28.5. The van der Waals surface area contributed by atoms with E-state index in [9.17, 15) is 9.36 Å². The number of hydrogen-bond donors (Lipinski definition) is 0. The van der Waals surface area contributed by atoms with Gasteiger partial charge in [0.2, 0.25) is 5.44 Å². The molecule has 8 nitrogen and oxygen atoms in total. The van der Waals surface area contributed by atoms with E-state index < -0.39 is 37.1 Å². The first-order chi connectivity index (χ1) is 12.7. The van der Waals surface area contributed by atoms with E-state index in [0.717, 1.165) is 0 Å². The molecule has 1 unspecified atom stereocenters. The van der Waals surface area contributed by atoms with Crippen LogP contribution in [-0.2, 0) is 48.5 Å². The Kier molecular flexibility index (Phi) is 13.3. The first-order valence-corrected chi connectivity index (χ1v) is 14.8. The Morgan fingerprint density at radius 2 is 1.21 bits per heavy atom. The van der Waals surface area contributed by atoms with Crippen LogP contribution >= 0.6 is 24.9 Å². The van der Waals surface area contributed by atoms with Gasteiger partial charge in [-0.2, -0.15) is 0 Å². The molecule has 0 aromatic heterocycles. The van der Waals surface area contributed by atoms with E-state index in [0.29, 0.717) is 11.4 Å². The zero-order valence-electron chi connectivity index (χ0n) is 18.1. The highest BCUT2D eigenvalue weighted by molar-refractivity contribution is 8.55. The molecule has 0 aromatic rings. The van der Waals surface area contributed by atoms with Crippen molar-refractivity contribution < 1.29 is 36.7 Å². The lowest BCUT2D eigenvalue weighted by Crippen LogP contribution is -2.25. The lowest BCUT2D eigenvalue weighted by Gasteiger charge is -2.30. The molecule has 0 bridgehead atoms. The summed E-state index contributed by atoms with van der Waals surface area (Å²) in [7, 11) is 0. The summed E-state index contributed by atoms with van der Waals surface area (Å²) < 4.78 is 46.4. The average Bonchev–Trinajstić information content (AvgIpc) is 2.42. The molecule has 0 rings (SSSR count). The van der Waals surface area contributed by atoms with Crippen LogP contribution in [0, 0.1) is 0 Å². The van der Waals surface area contributed by atoms with E-state index in [1.807, 2.05) is 0 Å². The van der Waals surface area contributed by atoms with E-state index in [4.69, 9.17) is 39.2 Å². The summed E-state index contributed by atoms with van der Waals surface area (Å²) in [6.07, 6.45) is -1.41. The molecule has 0 radical (unpaired) electrons. The highest BCUT2D eigenvalue weighted by Crippen LogP contribution is 2.66. The summed E-state index contributed by atoms with van der Waals surface area (Å²) in [6, 6.07) is 0. The maximum absolute atomic E-state index is 13.2. The predicted octanol–water partition coefficient (Wildman–Crippen LogP) is 5.66. The Bertz CT molecular complexity index is 501. The van der Waals surface area contributed by atoms with Crippen molar-refractivity contribution in [3.63, 3.8) is 0 Å². The minimum atomic E-state index is -3.77. The molecule has 0 amide bonds. The molecule has 28 heavy (non-hydrogen) atoms. The second-order valence-corrected chi connectivity index (χ2v) is 13.6. The molecule has 0 saturated carbocycles. The third-order valence-corrected chi connectivity index (χ3v) is 9.00. The van der Waals surface area contributed by atoms with E-state index in [1.165, 1.54) is 0 Å². The van der Waals surface area contributed by atoms with Gasteiger partial charge < -0.3 is 13.8 Å². The van der Waals surface area contributed by atoms with Crippen LogP contribution in [0.4, 0.5) is 0 Å². The first-order valence-electron chi connectivity index (χ1n) is 9.19. The van der Waals surface area contributed by atoms with Gasteiger partial charge in [-0.1, -0.05) is 0 Å². The minimum Gasteiger partial charge on any atom is -0.463 e. The molecule has 0 heterocycles. The van der Waals surface area contributed by atoms with Crippen molar-refractivity contribution in [1.29, 1.82) is 0 Å². The summed E-state index contributed by atoms with van der Waals surface area (Å²) in [4.78, 5) is 12.5.